The molecule has 0 aliphatic rings. The maximum atomic E-state index is 11.1. The molecule has 0 aliphatic heterocycles. The zero-order chi connectivity index (χ0) is 14.8. The summed E-state index contributed by atoms with van der Waals surface area (Å²) < 4.78 is 1.59. The average Bonchev–Trinajstić information content (AvgIpc) is 2.97. The Labute approximate surface area is 121 Å². The molecule has 104 valence electrons. The third-order valence-corrected chi connectivity index (χ3v) is 3.11. The molecule has 1 N–H and O–H groups in total. The van der Waals surface area contributed by atoms with Gasteiger partial charge in [0.05, 0.1) is 11.8 Å². The molecule has 5 heteroatoms. The highest BCUT2D eigenvalue weighted by atomic mass is 16.4. The van der Waals surface area contributed by atoms with Gasteiger partial charge in [-0.3, -0.25) is 0 Å². The van der Waals surface area contributed by atoms with Crippen LogP contribution in [0, 0.1) is 6.92 Å². The van der Waals surface area contributed by atoms with E-state index < -0.39 is 5.97 Å². The first-order valence-electron chi connectivity index (χ1n) is 6.46. The van der Waals surface area contributed by atoms with Crippen LogP contribution in [0.25, 0.3) is 16.9 Å². The van der Waals surface area contributed by atoms with Crippen LogP contribution in [0.5, 0.6) is 0 Å². The van der Waals surface area contributed by atoms with Crippen LogP contribution in [0.4, 0.5) is 0 Å². The molecule has 0 atom stereocenters. The van der Waals surface area contributed by atoms with E-state index in [9.17, 15) is 4.79 Å². The second-order valence-electron chi connectivity index (χ2n) is 4.70. The summed E-state index contributed by atoms with van der Waals surface area (Å²) in [5.74, 6) is -0.480. The summed E-state index contributed by atoms with van der Waals surface area (Å²) in [7, 11) is 0. The van der Waals surface area contributed by atoms with Crippen LogP contribution in [-0.4, -0.2) is 25.8 Å². The number of benzene rings is 1. The Morgan fingerprint density at radius 2 is 1.90 bits per heavy atom. The van der Waals surface area contributed by atoms with Gasteiger partial charge in [0.15, 0.2) is 5.82 Å². The van der Waals surface area contributed by atoms with Crippen molar-refractivity contribution in [1.29, 1.82) is 0 Å². The van der Waals surface area contributed by atoms with Gasteiger partial charge in [0, 0.05) is 17.5 Å². The van der Waals surface area contributed by atoms with Gasteiger partial charge in [-0.1, -0.05) is 30.3 Å². The molecular weight excluding hydrogens is 266 g/mol. The second kappa shape index (κ2) is 5.20. The summed E-state index contributed by atoms with van der Waals surface area (Å²) in [5, 5.41) is 13.4. The fourth-order valence-electron chi connectivity index (χ4n) is 2.12. The van der Waals surface area contributed by atoms with Crippen molar-refractivity contribution in [3.8, 4) is 16.9 Å². The Kier molecular flexibility index (Phi) is 3.23. The number of pyridine rings is 1. The molecule has 0 spiro atoms. The number of aromatic nitrogens is 3. The number of hydrogen-bond acceptors (Lipinski definition) is 3. The lowest BCUT2D eigenvalue weighted by molar-refractivity contribution is 0.0696. The fourth-order valence-corrected chi connectivity index (χ4v) is 2.12. The van der Waals surface area contributed by atoms with Crippen molar-refractivity contribution >= 4 is 5.97 Å². The lowest BCUT2D eigenvalue weighted by Crippen LogP contribution is -2.04. The van der Waals surface area contributed by atoms with E-state index in [1.54, 1.807) is 17.8 Å². The molecule has 3 aromatic rings. The van der Waals surface area contributed by atoms with Crippen LogP contribution in [0.1, 0.15) is 16.1 Å². The number of rotatable bonds is 3. The number of carboxylic acids is 1. The number of aromatic carboxylic acids is 1. The summed E-state index contributed by atoms with van der Waals surface area (Å²) >= 11 is 0. The number of hydrogen-bond donors (Lipinski definition) is 1. The molecule has 3 rings (SSSR count). The van der Waals surface area contributed by atoms with Crippen molar-refractivity contribution in [3.05, 3.63) is 66.1 Å². The number of carbonyl (C=O) groups is 1. The standard InChI is InChI=1S/C16H13N3O2/c1-11-7-13(16(20)21)8-15(18-11)19-10-14(9-17-19)12-5-3-2-4-6-12/h2-10H,1H3,(H,20,21). The van der Waals surface area contributed by atoms with E-state index in [2.05, 4.69) is 10.1 Å². The largest absolute Gasteiger partial charge is 0.478 e. The van der Waals surface area contributed by atoms with Crippen molar-refractivity contribution in [2.45, 2.75) is 6.92 Å². The molecule has 0 aliphatic carbocycles. The SMILES string of the molecule is Cc1cc(C(=O)O)cc(-n2cc(-c3ccccc3)cn2)n1. The van der Waals surface area contributed by atoms with Crippen LogP contribution < -0.4 is 0 Å². The Balaban J connectivity index is 2.02. The third kappa shape index (κ3) is 2.67. The molecule has 2 heterocycles. The first-order valence-corrected chi connectivity index (χ1v) is 6.46. The van der Waals surface area contributed by atoms with Gasteiger partial charge >= 0.3 is 5.97 Å². The minimum atomic E-state index is -0.975. The molecule has 0 unspecified atom stereocenters. The van der Waals surface area contributed by atoms with E-state index >= 15 is 0 Å². The molecule has 0 fully saturated rings. The molecule has 0 saturated heterocycles. The first kappa shape index (κ1) is 13.1. The van der Waals surface area contributed by atoms with Crippen LogP contribution in [0.15, 0.2) is 54.9 Å². The van der Waals surface area contributed by atoms with E-state index in [4.69, 9.17) is 5.11 Å². The summed E-state index contributed by atoms with van der Waals surface area (Å²) in [5.41, 5.74) is 2.85. The minimum absolute atomic E-state index is 0.203. The van der Waals surface area contributed by atoms with Crippen molar-refractivity contribution < 1.29 is 9.90 Å². The summed E-state index contributed by atoms with van der Waals surface area (Å²) in [6.45, 7) is 1.76. The molecule has 2 aromatic heterocycles. The van der Waals surface area contributed by atoms with E-state index in [0.29, 0.717) is 11.5 Å². The Morgan fingerprint density at radius 1 is 1.14 bits per heavy atom. The van der Waals surface area contributed by atoms with Crippen molar-refractivity contribution in [2.75, 3.05) is 0 Å². The lowest BCUT2D eigenvalue weighted by Gasteiger charge is -2.04. The van der Waals surface area contributed by atoms with E-state index in [0.717, 1.165) is 11.1 Å². The topological polar surface area (TPSA) is 68.0 Å². The van der Waals surface area contributed by atoms with Crippen LogP contribution in [0.2, 0.25) is 0 Å². The molecule has 0 saturated carbocycles. The minimum Gasteiger partial charge on any atom is -0.478 e. The average molecular weight is 279 g/mol. The number of aryl methyl sites for hydroxylation is 1. The van der Waals surface area contributed by atoms with Gasteiger partial charge in [-0.05, 0) is 24.6 Å². The molecule has 0 bridgehead atoms. The molecule has 5 nitrogen and oxygen atoms in total. The van der Waals surface area contributed by atoms with Crippen molar-refractivity contribution in [3.63, 3.8) is 0 Å². The summed E-state index contributed by atoms with van der Waals surface area (Å²) in [4.78, 5) is 15.4. The smallest absolute Gasteiger partial charge is 0.335 e. The van der Waals surface area contributed by atoms with Gasteiger partial charge in [-0.15, -0.1) is 0 Å². The Morgan fingerprint density at radius 3 is 2.62 bits per heavy atom. The second-order valence-corrected chi connectivity index (χ2v) is 4.70. The quantitative estimate of drug-likeness (QED) is 0.800. The van der Waals surface area contributed by atoms with Crippen molar-refractivity contribution in [1.82, 2.24) is 14.8 Å². The normalized spacial score (nSPS) is 10.5. The van der Waals surface area contributed by atoms with Crippen LogP contribution >= 0.6 is 0 Å². The first-order chi connectivity index (χ1) is 10.1. The Hall–Kier alpha value is -2.95. The zero-order valence-corrected chi connectivity index (χ0v) is 11.4. The van der Waals surface area contributed by atoms with E-state index in [1.165, 1.54) is 12.1 Å². The molecular formula is C16H13N3O2. The summed E-state index contributed by atoms with van der Waals surface area (Å²) in [6.07, 6.45) is 3.57. The van der Waals surface area contributed by atoms with Gasteiger partial charge in [0.25, 0.3) is 0 Å². The maximum absolute atomic E-state index is 11.1. The van der Waals surface area contributed by atoms with Crippen LogP contribution in [-0.2, 0) is 0 Å². The predicted molar refractivity (Wildman–Crippen MR) is 78.5 cm³/mol. The third-order valence-electron chi connectivity index (χ3n) is 3.11. The fraction of sp³-hybridized carbons (Fsp3) is 0.0625. The highest BCUT2D eigenvalue weighted by Gasteiger charge is 2.09. The van der Waals surface area contributed by atoms with Gasteiger partial charge in [0.2, 0.25) is 0 Å². The molecule has 0 radical (unpaired) electrons. The Bertz CT molecular complexity index is 794. The van der Waals surface area contributed by atoms with Crippen molar-refractivity contribution in [2.24, 2.45) is 0 Å². The monoisotopic (exact) mass is 279 g/mol. The highest BCUT2D eigenvalue weighted by Crippen LogP contribution is 2.19. The zero-order valence-electron chi connectivity index (χ0n) is 11.4. The molecule has 0 amide bonds. The van der Waals surface area contributed by atoms with Crippen LogP contribution in [0.3, 0.4) is 0 Å². The van der Waals surface area contributed by atoms with Gasteiger partial charge in [-0.25, -0.2) is 14.5 Å². The maximum Gasteiger partial charge on any atom is 0.335 e. The molecule has 1 aromatic carbocycles. The summed E-state index contributed by atoms with van der Waals surface area (Å²) in [6, 6.07) is 12.9. The highest BCUT2D eigenvalue weighted by molar-refractivity contribution is 5.88. The van der Waals surface area contributed by atoms with E-state index in [-0.39, 0.29) is 5.56 Å². The predicted octanol–water partition coefficient (Wildman–Crippen LogP) is 2.94. The van der Waals surface area contributed by atoms with E-state index in [1.807, 2.05) is 36.5 Å². The lowest BCUT2D eigenvalue weighted by atomic mass is 10.1. The number of nitrogens with zero attached hydrogens (tertiary/aromatic N) is 3. The molecule has 21 heavy (non-hydrogen) atoms. The van der Waals surface area contributed by atoms with Gasteiger partial charge < -0.3 is 5.11 Å². The van der Waals surface area contributed by atoms with Gasteiger partial charge in [-0.2, -0.15) is 5.10 Å². The van der Waals surface area contributed by atoms with Gasteiger partial charge in [0.1, 0.15) is 0 Å². The number of carboxylic acid groups (broad SMARTS) is 1.